The average molecular weight is 420 g/mol. The lowest BCUT2D eigenvalue weighted by molar-refractivity contribution is -0.116. The second-order valence-electron chi connectivity index (χ2n) is 5.92. The minimum Gasteiger partial charge on any atom is -0.441 e. The first-order valence-corrected chi connectivity index (χ1v) is 9.43. The van der Waals surface area contributed by atoms with Crippen LogP contribution in [0.3, 0.4) is 0 Å². The minimum atomic E-state index is -0.739. The molecule has 0 aliphatic rings. The van der Waals surface area contributed by atoms with E-state index in [-0.39, 0.29) is 36.0 Å². The van der Waals surface area contributed by atoms with Crippen LogP contribution in [0.2, 0.25) is 5.02 Å². The number of amides is 1. The molecule has 5 nitrogen and oxygen atoms in total. The summed E-state index contributed by atoms with van der Waals surface area (Å²) in [5, 5.41) is 3.81. The van der Waals surface area contributed by atoms with E-state index < -0.39 is 11.6 Å². The Morgan fingerprint density at radius 1 is 1.21 bits per heavy atom. The first-order chi connectivity index (χ1) is 13.5. The molecule has 0 atom stereocenters. The number of thiazole rings is 1. The van der Waals surface area contributed by atoms with Crippen molar-refractivity contribution in [1.82, 2.24) is 9.97 Å². The van der Waals surface area contributed by atoms with Crippen molar-refractivity contribution in [3.63, 3.8) is 0 Å². The topological polar surface area (TPSA) is 68.0 Å². The van der Waals surface area contributed by atoms with E-state index in [0.29, 0.717) is 10.2 Å². The lowest BCUT2D eigenvalue weighted by Crippen LogP contribution is -2.12. The second-order valence-corrected chi connectivity index (χ2v) is 7.39. The molecule has 2 aromatic carbocycles. The molecule has 4 aromatic rings. The van der Waals surface area contributed by atoms with E-state index in [2.05, 4.69) is 15.3 Å². The van der Waals surface area contributed by atoms with Gasteiger partial charge >= 0.3 is 0 Å². The van der Waals surface area contributed by atoms with Gasteiger partial charge in [0.15, 0.2) is 16.8 Å². The Kier molecular flexibility index (Phi) is 5.06. The van der Waals surface area contributed by atoms with Gasteiger partial charge in [-0.05, 0) is 30.3 Å². The first kappa shape index (κ1) is 18.5. The van der Waals surface area contributed by atoms with Crippen molar-refractivity contribution < 1.29 is 18.0 Å². The molecule has 0 saturated heterocycles. The third kappa shape index (κ3) is 4.02. The predicted molar refractivity (Wildman–Crippen MR) is 103 cm³/mol. The SMILES string of the molecule is O=C(CCc1ncc(-c2ccc(F)cc2F)o1)Nc1nc2ccc(Cl)cc2s1. The molecule has 1 amide bonds. The first-order valence-electron chi connectivity index (χ1n) is 8.24. The second kappa shape index (κ2) is 7.65. The van der Waals surface area contributed by atoms with Crippen molar-refractivity contribution in [3.8, 4) is 11.3 Å². The van der Waals surface area contributed by atoms with Crippen LogP contribution in [-0.2, 0) is 11.2 Å². The van der Waals surface area contributed by atoms with Crippen LogP contribution in [0.1, 0.15) is 12.3 Å². The van der Waals surface area contributed by atoms with E-state index in [1.54, 1.807) is 18.2 Å². The highest BCUT2D eigenvalue weighted by molar-refractivity contribution is 7.22. The van der Waals surface area contributed by atoms with Crippen LogP contribution >= 0.6 is 22.9 Å². The summed E-state index contributed by atoms with van der Waals surface area (Å²) in [6.45, 7) is 0. The summed E-state index contributed by atoms with van der Waals surface area (Å²) >= 11 is 7.27. The van der Waals surface area contributed by atoms with Crippen LogP contribution in [0.25, 0.3) is 21.5 Å². The molecule has 0 saturated carbocycles. The van der Waals surface area contributed by atoms with Crippen LogP contribution in [-0.4, -0.2) is 15.9 Å². The summed E-state index contributed by atoms with van der Waals surface area (Å²) in [5.74, 6) is -1.20. The van der Waals surface area contributed by atoms with Crippen LogP contribution in [0.15, 0.2) is 47.0 Å². The number of benzene rings is 2. The molecular weight excluding hydrogens is 408 g/mol. The van der Waals surface area contributed by atoms with Gasteiger partial charge in [0, 0.05) is 23.9 Å². The molecule has 2 aromatic heterocycles. The van der Waals surface area contributed by atoms with E-state index >= 15 is 0 Å². The van der Waals surface area contributed by atoms with Crippen LogP contribution in [0.4, 0.5) is 13.9 Å². The Hall–Kier alpha value is -2.84. The number of nitrogens with zero attached hydrogens (tertiary/aromatic N) is 2. The highest BCUT2D eigenvalue weighted by atomic mass is 35.5. The van der Waals surface area contributed by atoms with Gasteiger partial charge in [-0.2, -0.15) is 0 Å². The molecule has 0 bridgehead atoms. The fraction of sp³-hybridized carbons (Fsp3) is 0.105. The van der Waals surface area contributed by atoms with E-state index in [9.17, 15) is 13.6 Å². The normalized spacial score (nSPS) is 11.1. The third-order valence-electron chi connectivity index (χ3n) is 3.91. The highest BCUT2D eigenvalue weighted by Gasteiger charge is 2.14. The Balaban J connectivity index is 1.38. The summed E-state index contributed by atoms with van der Waals surface area (Å²) in [4.78, 5) is 20.5. The molecule has 0 radical (unpaired) electrons. The monoisotopic (exact) mass is 419 g/mol. The molecule has 0 fully saturated rings. The average Bonchev–Trinajstić information content (AvgIpc) is 3.26. The zero-order chi connectivity index (χ0) is 19.7. The van der Waals surface area contributed by atoms with Crippen molar-refractivity contribution in [1.29, 1.82) is 0 Å². The molecule has 9 heteroatoms. The number of carbonyl (C=O) groups is 1. The minimum absolute atomic E-state index is 0.109. The van der Waals surface area contributed by atoms with Crippen molar-refractivity contribution in [2.24, 2.45) is 0 Å². The van der Waals surface area contributed by atoms with Gasteiger partial charge in [-0.1, -0.05) is 22.9 Å². The Morgan fingerprint density at radius 3 is 2.89 bits per heavy atom. The fourth-order valence-corrected chi connectivity index (χ4v) is 3.75. The van der Waals surface area contributed by atoms with Gasteiger partial charge in [0.25, 0.3) is 0 Å². The Morgan fingerprint density at radius 2 is 2.07 bits per heavy atom. The van der Waals surface area contributed by atoms with Gasteiger partial charge in [-0.3, -0.25) is 4.79 Å². The summed E-state index contributed by atoms with van der Waals surface area (Å²) in [5.41, 5.74) is 0.862. The number of fused-ring (bicyclic) bond motifs is 1. The maximum atomic E-state index is 13.8. The molecule has 2 heterocycles. The lowest BCUT2D eigenvalue weighted by Gasteiger charge is -2.00. The van der Waals surface area contributed by atoms with E-state index in [4.69, 9.17) is 16.0 Å². The number of aryl methyl sites for hydroxylation is 1. The van der Waals surface area contributed by atoms with Crippen molar-refractivity contribution in [3.05, 3.63) is 65.1 Å². The lowest BCUT2D eigenvalue weighted by atomic mass is 10.2. The molecule has 28 heavy (non-hydrogen) atoms. The third-order valence-corrected chi connectivity index (χ3v) is 5.08. The van der Waals surface area contributed by atoms with Crippen molar-refractivity contribution in [2.75, 3.05) is 5.32 Å². The molecule has 1 N–H and O–H groups in total. The summed E-state index contributed by atoms with van der Waals surface area (Å²) in [7, 11) is 0. The number of nitrogens with one attached hydrogen (secondary N) is 1. The van der Waals surface area contributed by atoms with Gasteiger partial charge in [-0.15, -0.1) is 0 Å². The zero-order valence-electron chi connectivity index (χ0n) is 14.2. The molecule has 0 aliphatic heterocycles. The summed E-state index contributed by atoms with van der Waals surface area (Å²) < 4.78 is 33.2. The van der Waals surface area contributed by atoms with Crippen LogP contribution in [0, 0.1) is 11.6 Å². The van der Waals surface area contributed by atoms with Gasteiger partial charge in [0.1, 0.15) is 11.6 Å². The number of aromatic nitrogens is 2. The van der Waals surface area contributed by atoms with Crippen LogP contribution in [0.5, 0.6) is 0 Å². The quantitative estimate of drug-likeness (QED) is 0.466. The number of hydrogen-bond acceptors (Lipinski definition) is 5. The standard InChI is InChI=1S/C19H12ClF2N3O2S/c20-10-1-4-14-16(7-10)28-19(24-14)25-17(26)5-6-18-23-9-15(27-18)12-3-2-11(21)8-13(12)22/h1-4,7-9H,5-6H2,(H,24,25,26). The predicted octanol–water partition coefficient (Wildman–Crippen LogP) is 5.45. The molecule has 4 rings (SSSR count). The number of carbonyl (C=O) groups excluding carboxylic acids is 1. The smallest absolute Gasteiger partial charge is 0.226 e. The van der Waals surface area contributed by atoms with E-state index in [1.807, 2.05) is 0 Å². The molecule has 0 aliphatic carbocycles. The van der Waals surface area contributed by atoms with Gasteiger partial charge in [-0.25, -0.2) is 18.7 Å². The zero-order valence-corrected chi connectivity index (χ0v) is 15.8. The number of halogens is 3. The summed E-state index contributed by atoms with van der Waals surface area (Å²) in [6.07, 6.45) is 1.69. The summed E-state index contributed by atoms with van der Waals surface area (Å²) in [6, 6.07) is 8.50. The maximum absolute atomic E-state index is 13.8. The van der Waals surface area contributed by atoms with E-state index in [1.165, 1.54) is 23.6 Å². The maximum Gasteiger partial charge on any atom is 0.226 e. The Labute approximate surface area is 167 Å². The van der Waals surface area contributed by atoms with Crippen LogP contribution < -0.4 is 5.32 Å². The molecule has 0 spiro atoms. The number of rotatable bonds is 5. The number of hydrogen-bond donors (Lipinski definition) is 1. The largest absolute Gasteiger partial charge is 0.441 e. The van der Waals surface area contributed by atoms with Gasteiger partial charge in [0.2, 0.25) is 5.91 Å². The Bertz CT molecular complexity index is 1180. The highest BCUT2D eigenvalue weighted by Crippen LogP contribution is 2.28. The van der Waals surface area contributed by atoms with Gasteiger partial charge < -0.3 is 9.73 Å². The molecular formula is C19H12ClF2N3O2S. The van der Waals surface area contributed by atoms with Crippen molar-refractivity contribution in [2.45, 2.75) is 12.8 Å². The van der Waals surface area contributed by atoms with Gasteiger partial charge in [0.05, 0.1) is 22.0 Å². The molecule has 0 unspecified atom stereocenters. The fourth-order valence-electron chi connectivity index (χ4n) is 2.59. The number of anilines is 1. The van der Waals surface area contributed by atoms with E-state index in [0.717, 1.165) is 22.3 Å². The van der Waals surface area contributed by atoms with Crippen molar-refractivity contribution >= 4 is 44.2 Å². The molecule has 142 valence electrons. The number of oxazole rings is 1.